The molecule has 0 amide bonds. The van der Waals surface area contributed by atoms with Crippen molar-refractivity contribution in [2.75, 3.05) is 0 Å². The second-order valence-corrected chi connectivity index (χ2v) is 3.95. The second kappa shape index (κ2) is 3.21. The first kappa shape index (κ1) is 8.96. The summed E-state index contributed by atoms with van der Waals surface area (Å²) in [6.07, 6.45) is 1.89. The molecule has 56 valence electrons. The molecule has 0 spiro atoms. The molecule has 0 fully saturated rings. The van der Waals surface area contributed by atoms with Gasteiger partial charge >= 0.3 is 0 Å². The molecule has 0 heterocycles. The molecule has 1 nitrogen and oxygen atoms in total. The Morgan fingerprint density at radius 2 is 1.78 bits per heavy atom. The summed E-state index contributed by atoms with van der Waals surface area (Å²) in [7, 11) is 0. The average molecular weight is 130 g/mol. The molecular formula is C8H18O. The van der Waals surface area contributed by atoms with Crippen molar-refractivity contribution in [3.8, 4) is 0 Å². The Balaban J connectivity index is 3.28. The molecule has 0 aromatic carbocycles. The van der Waals surface area contributed by atoms with Crippen LogP contribution in [-0.4, -0.2) is 11.2 Å². The van der Waals surface area contributed by atoms with Crippen molar-refractivity contribution in [1.29, 1.82) is 0 Å². The van der Waals surface area contributed by atoms with Crippen LogP contribution >= 0.6 is 0 Å². The summed E-state index contributed by atoms with van der Waals surface area (Å²) in [5.74, 6) is 0. The zero-order chi connectivity index (χ0) is 7.49. The number of aliphatic hydroxyl groups excluding tert-OH is 1. The highest BCUT2D eigenvalue weighted by Gasteiger charge is 2.10. The molecule has 0 saturated carbocycles. The summed E-state index contributed by atoms with van der Waals surface area (Å²) >= 11 is 0. The molecule has 0 aliphatic rings. The fraction of sp³-hybridized carbons (Fsp3) is 1.00. The summed E-state index contributed by atoms with van der Waals surface area (Å²) in [6, 6.07) is 0. The molecule has 1 heteroatoms. The van der Waals surface area contributed by atoms with Crippen LogP contribution in [0, 0.1) is 5.41 Å². The van der Waals surface area contributed by atoms with Crippen LogP contribution in [0.4, 0.5) is 0 Å². The second-order valence-electron chi connectivity index (χ2n) is 3.95. The zero-order valence-corrected chi connectivity index (χ0v) is 6.94. The van der Waals surface area contributed by atoms with Crippen molar-refractivity contribution in [2.45, 2.75) is 46.6 Å². The van der Waals surface area contributed by atoms with Crippen molar-refractivity contribution >= 4 is 0 Å². The Morgan fingerprint density at radius 3 is 1.89 bits per heavy atom. The smallest absolute Gasteiger partial charge is 0.0512 e. The molecule has 0 saturated heterocycles. The third-order valence-electron chi connectivity index (χ3n) is 1.31. The van der Waals surface area contributed by atoms with E-state index in [1.807, 2.05) is 6.92 Å². The number of rotatable bonds is 2. The van der Waals surface area contributed by atoms with E-state index in [-0.39, 0.29) is 6.10 Å². The Hall–Kier alpha value is -0.0400. The lowest BCUT2D eigenvalue weighted by Crippen LogP contribution is -2.09. The molecule has 9 heavy (non-hydrogen) atoms. The van der Waals surface area contributed by atoms with Crippen molar-refractivity contribution < 1.29 is 5.11 Å². The van der Waals surface area contributed by atoms with E-state index in [0.29, 0.717) is 5.41 Å². The van der Waals surface area contributed by atoms with Crippen LogP contribution in [-0.2, 0) is 0 Å². The SMILES string of the molecule is C[C@@H](O)CCC(C)(C)C. The Labute approximate surface area is 58.1 Å². The van der Waals surface area contributed by atoms with Crippen molar-refractivity contribution in [3.05, 3.63) is 0 Å². The van der Waals surface area contributed by atoms with Gasteiger partial charge in [-0.25, -0.2) is 0 Å². The standard InChI is InChI=1S/C8H18O/c1-7(9)5-6-8(2,3)4/h7,9H,5-6H2,1-4H3/t7-/m1/s1. The largest absolute Gasteiger partial charge is 0.393 e. The average Bonchev–Trinajstić information content (AvgIpc) is 1.59. The van der Waals surface area contributed by atoms with E-state index >= 15 is 0 Å². The van der Waals surface area contributed by atoms with E-state index in [0.717, 1.165) is 12.8 Å². The van der Waals surface area contributed by atoms with E-state index in [1.165, 1.54) is 0 Å². The summed E-state index contributed by atoms with van der Waals surface area (Å²) in [5.41, 5.74) is 0.372. The molecule has 0 rings (SSSR count). The van der Waals surface area contributed by atoms with Crippen LogP contribution in [0.1, 0.15) is 40.5 Å². The summed E-state index contributed by atoms with van der Waals surface area (Å²) < 4.78 is 0. The zero-order valence-electron chi connectivity index (χ0n) is 6.94. The third kappa shape index (κ3) is 7.96. The first-order valence-electron chi connectivity index (χ1n) is 3.60. The van der Waals surface area contributed by atoms with Gasteiger partial charge in [-0.15, -0.1) is 0 Å². The Bertz CT molecular complexity index is 69.1. The Kier molecular flexibility index (Phi) is 3.20. The number of hydrogen-bond donors (Lipinski definition) is 1. The van der Waals surface area contributed by atoms with Gasteiger partial charge in [-0.05, 0) is 25.2 Å². The molecule has 1 N–H and O–H groups in total. The maximum atomic E-state index is 8.92. The first-order valence-corrected chi connectivity index (χ1v) is 3.60. The molecule has 0 aliphatic heterocycles. The van der Waals surface area contributed by atoms with Gasteiger partial charge in [0, 0.05) is 0 Å². The molecule has 0 aromatic rings. The molecule has 0 bridgehead atoms. The van der Waals surface area contributed by atoms with Gasteiger partial charge < -0.3 is 5.11 Å². The fourth-order valence-electron chi connectivity index (χ4n) is 0.642. The highest BCUT2D eigenvalue weighted by Crippen LogP contribution is 2.21. The van der Waals surface area contributed by atoms with Gasteiger partial charge in [-0.1, -0.05) is 20.8 Å². The fourth-order valence-corrected chi connectivity index (χ4v) is 0.642. The quantitative estimate of drug-likeness (QED) is 0.607. The van der Waals surface area contributed by atoms with E-state index in [4.69, 9.17) is 5.11 Å². The molecular weight excluding hydrogens is 112 g/mol. The van der Waals surface area contributed by atoms with Crippen LogP contribution < -0.4 is 0 Å². The van der Waals surface area contributed by atoms with Gasteiger partial charge in [0.25, 0.3) is 0 Å². The lowest BCUT2D eigenvalue weighted by molar-refractivity contribution is 0.163. The minimum Gasteiger partial charge on any atom is -0.393 e. The summed E-state index contributed by atoms with van der Waals surface area (Å²) in [6.45, 7) is 8.41. The predicted molar refractivity (Wildman–Crippen MR) is 40.4 cm³/mol. The van der Waals surface area contributed by atoms with Gasteiger partial charge in [0.05, 0.1) is 6.10 Å². The van der Waals surface area contributed by atoms with Gasteiger partial charge in [-0.3, -0.25) is 0 Å². The lowest BCUT2D eigenvalue weighted by atomic mass is 9.89. The molecule has 0 radical (unpaired) electrons. The predicted octanol–water partition coefficient (Wildman–Crippen LogP) is 2.19. The topological polar surface area (TPSA) is 20.2 Å². The highest BCUT2D eigenvalue weighted by molar-refractivity contribution is 4.62. The molecule has 0 aliphatic carbocycles. The Morgan fingerprint density at radius 1 is 1.33 bits per heavy atom. The van der Waals surface area contributed by atoms with E-state index in [9.17, 15) is 0 Å². The van der Waals surface area contributed by atoms with Gasteiger partial charge in [0.2, 0.25) is 0 Å². The van der Waals surface area contributed by atoms with Gasteiger partial charge in [0.15, 0.2) is 0 Å². The number of hydrogen-bond acceptors (Lipinski definition) is 1. The normalized spacial score (nSPS) is 15.7. The van der Waals surface area contributed by atoms with Crippen molar-refractivity contribution in [3.63, 3.8) is 0 Å². The van der Waals surface area contributed by atoms with Crippen LogP contribution in [0.25, 0.3) is 0 Å². The van der Waals surface area contributed by atoms with Gasteiger partial charge in [-0.2, -0.15) is 0 Å². The molecule has 1 atom stereocenters. The molecule has 0 unspecified atom stereocenters. The van der Waals surface area contributed by atoms with Crippen LogP contribution in [0.3, 0.4) is 0 Å². The monoisotopic (exact) mass is 130 g/mol. The van der Waals surface area contributed by atoms with E-state index in [1.54, 1.807) is 0 Å². The summed E-state index contributed by atoms with van der Waals surface area (Å²) in [4.78, 5) is 0. The van der Waals surface area contributed by atoms with Crippen LogP contribution in [0.15, 0.2) is 0 Å². The highest BCUT2D eigenvalue weighted by atomic mass is 16.3. The lowest BCUT2D eigenvalue weighted by Gasteiger charge is -2.18. The van der Waals surface area contributed by atoms with Crippen LogP contribution in [0.2, 0.25) is 0 Å². The third-order valence-corrected chi connectivity index (χ3v) is 1.31. The summed E-state index contributed by atoms with van der Waals surface area (Å²) in [5, 5.41) is 8.92. The van der Waals surface area contributed by atoms with E-state index < -0.39 is 0 Å². The maximum Gasteiger partial charge on any atom is 0.0512 e. The number of aliphatic hydroxyl groups is 1. The minimum absolute atomic E-state index is 0.135. The first-order chi connectivity index (χ1) is 3.92. The van der Waals surface area contributed by atoms with E-state index in [2.05, 4.69) is 20.8 Å². The maximum absolute atomic E-state index is 8.92. The van der Waals surface area contributed by atoms with Crippen molar-refractivity contribution in [2.24, 2.45) is 5.41 Å². The minimum atomic E-state index is -0.135. The molecule has 0 aromatic heterocycles. The van der Waals surface area contributed by atoms with Crippen LogP contribution in [0.5, 0.6) is 0 Å². The van der Waals surface area contributed by atoms with Crippen molar-refractivity contribution in [1.82, 2.24) is 0 Å². The van der Waals surface area contributed by atoms with Gasteiger partial charge in [0.1, 0.15) is 0 Å².